The van der Waals surface area contributed by atoms with Gasteiger partial charge in [0.1, 0.15) is 6.61 Å². The zero-order valence-electron chi connectivity index (χ0n) is 28.8. The second-order valence-corrected chi connectivity index (χ2v) is 13.3. The summed E-state index contributed by atoms with van der Waals surface area (Å²) in [7, 11) is 0. The molecule has 0 atom stereocenters. The molecule has 1 aliphatic carbocycles. The van der Waals surface area contributed by atoms with Crippen LogP contribution in [-0.2, 0) is 9.53 Å². The molecule has 0 radical (unpaired) electrons. The van der Waals surface area contributed by atoms with E-state index in [9.17, 15) is 9.59 Å². The van der Waals surface area contributed by atoms with Crippen LogP contribution in [0.1, 0.15) is 172 Å². The average molecular weight is 618 g/mol. The monoisotopic (exact) mass is 617 g/mol. The average Bonchev–Trinajstić information content (AvgIpc) is 3.38. The predicted octanol–water partition coefficient (Wildman–Crippen LogP) is 12.4. The molecule has 2 aromatic carbocycles. The first-order chi connectivity index (χ1) is 22.2. The topological polar surface area (TPSA) is 46.6 Å². The fourth-order valence-electron chi connectivity index (χ4n) is 6.82. The van der Waals surface area contributed by atoms with Crippen molar-refractivity contribution >= 4 is 12.0 Å². The number of unbranched alkanes of at least 4 members (excludes halogenated alkanes) is 19. The molecule has 0 saturated heterocycles. The Kier molecular flexibility index (Phi) is 18.7. The highest BCUT2D eigenvalue weighted by Crippen LogP contribution is 2.44. The van der Waals surface area contributed by atoms with E-state index in [1.165, 1.54) is 136 Å². The number of hydrogen-bond acceptors (Lipinski definition) is 3. The molecule has 4 nitrogen and oxygen atoms in total. The van der Waals surface area contributed by atoms with Crippen LogP contribution in [0.2, 0.25) is 0 Å². The number of amides is 2. The minimum atomic E-state index is -0.471. The SMILES string of the molecule is CCCCCCCCCCCCCC(=O)N(CCCCCCCCCCCC)C(=O)OCC1c2ccccc2-c2ccccc21. The summed E-state index contributed by atoms with van der Waals surface area (Å²) < 4.78 is 5.94. The maximum Gasteiger partial charge on any atom is 0.416 e. The van der Waals surface area contributed by atoms with Crippen molar-refractivity contribution in [1.82, 2.24) is 4.90 Å². The lowest BCUT2D eigenvalue weighted by molar-refractivity contribution is -0.129. The number of carbonyl (C=O) groups is 2. The normalized spacial score (nSPS) is 12.2. The summed E-state index contributed by atoms with van der Waals surface area (Å²) in [5.41, 5.74) is 4.81. The van der Waals surface area contributed by atoms with E-state index in [-0.39, 0.29) is 18.4 Å². The lowest BCUT2D eigenvalue weighted by atomic mass is 9.98. The fraction of sp³-hybridized carbons (Fsp3) is 0.659. The van der Waals surface area contributed by atoms with Crippen LogP contribution in [0.4, 0.5) is 4.79 Å². The molecule has 0 saturated carbocycles. The maximum absolute atomic E-state index is 13.4. The molecule has 0 N–H and O–H groups in total. The molecule has 4 heteroatoms. The first-order valence-electron chi connectivity index (χ1n) is 18.8. The molecule has 3 rings (SSSR count). The Balaban J connectivity index is 1.44. The molecule has 0 fully saturated rings. The van der Waals surface area contributed by atoms with Crippen LogP contribution >= 0.6 is 0 Å². The summed E-state index contributed by atoms with van der Waals surface area (Å²) in [6.07, 6.45) is 25.9. The second kappa shape index (κ2) is 22.8. The summed E-state index contributed by atoms with van der Waals surface area (Å²) in [6.45, 7) is 5.24. The van der Waals surface area contributed by atoms with E-state index >= 15 is 0 Å². The molecule has 1 aliphatic rings. The van der Waals surface area contributed by atoms with Gasteiger partial charge in [0, 0.05) is 18.9 Å². The van der Waals surface area contributed by atoms with Crippen molar-refractivity contribution in [1.29, 1.82) is 0 Å². The molecule has 2 aromatic rings. The smallest absolute Gasteiger partial charge is 0.416 e. The fourth-order valence-corrected chi connectivity index (χ4v) is 6.82. The number of rotatable bonds is 25. The van der Waals surface area contributed by atoms with Crippen molar-refractivity contribution in [3.8, 4) is 11.1 Å². The van der Waals surface area contributed by atoms with Gasteiger partial charge < -0.3 is 4.74 Å². The Morgan fingerprint density at radius 2 is 0.956 bits per heavy atom. The largest absolute Gasteiger partial charge is 0.448 e. The van der Waals surface area contributed by atoms with Gasteiger partial charge >= 0.3 is 6.09 Å². The second-order valence-electron chi connectivity index (χ2n) is 13.3. The predicted molar refractivity (Wildman–Crippen MR) is 190 cm³/mol. The molecule has 45 heavy (non-hydrogen) atoms. The molecule has 0 aromatic heterocycles. The van der Waals surface area contributed by atoms with E-state index in [4.69, 9.17) is 4.74 Å². The van der Waals surface area contributed by atoms with Crippen molar-refractivity contribution in [2.24, 2.45) is 0 Å². The number of benzene rings is 2. The molecule has 0 bridgehead atoms. The lowest BCUT2D eigenvalue weighted by Crippen LogP contribution is -2.38. The van der Waals surface area contributed by atoms with Gasteiger partial charge in [-0.3, -0.25) is 4.79 Å². The van der Waals surface area contributed by atoms with Crippen molar-refractivity contribution in [2.75, 3.05) is 13.2 Å². The number of imide groups is 1. The number of fused-ring (bicyclic) bond motifs is 3. The van der Waals surface area contributed by atoms with Gasteiger partial charge in [0.15, 0.2) is 0 Å². The van der Waals surface area contributed by atoms with Gasteiger partial charge in [0.05, 0.1) is 0 Å². The molecular weight excluding hydrogens is 554 g/mol. The van der Waals surface area contributed by atoms with Crippen LogP contribution in [0.25, 0.3) is 11.1 Å². The molecule has 0 spiro atoms. The first kappa shape index (κ1) is 36.8. The molecule has 0 aliphatic heterocycles. The molecule has 250 valence electrons. The zero-order chi connectivity index (χ0) is 32.0. The summed E-state index contributed by atoms with van der Waals surface area (Å²) in [6, 6.07) is 16.8. The Labute approximate surface area is 275 Å². The highest BCUT2D eigenvalue weighted by atomic mass is 16.6. The van der Waals surface area contributed by atoms with Crippen LogP contribution in [0.15, 0.2) is 48.5 Å². The van der Waals surface area contributed by atoms with Crippen LogP contribution < -0.4 is 0 Å². The molecular formula is C41H63NO3. The summed E-state index contributed by atoms with van der Waals surface area (Å²) >= 11 is 0. The van der Waals surface area contributed by atoms with Crippen LogP contribution in [0.5, 0.6) is 0 Å². The third-order valence-corrected chi connectivity index (χ3v) is 9.59. The van der Waals surface area contributed by atoms with E-state index in [0.29, 0.717) is 13.0 Å². The van der Waals surface area contributed by atoms with Crippen molar-refractivity contribution in [2.45, 2.75) is 161 Å². The Morgan fingerprint density at radius 3 is 1.42 bits per heavy atom. The third-order valence-electron chi connectivity index (χ3n) is 9.59. The number of carbonyl (C=O) groups excluding carboxylic acids is 2. The lowest BCUT2D eigenvalue weighted by Gasteiger charge is -2.22. The molecule has 0 heterocycles. The van der Waals surface area contributed by atoms with Crippen molar-refractivity contribution < 1.29 is 14.3 Å². The third kappa shape index (κ3) is 13.3. The number of hydrogen-bond donors (Lipinski definition) is 0. The Bertz CT molecular complexity index is 1050. The minimum Gasteiger partial charge on any atom is -0.448 e. The summed E-state index contributed by atoms with van der Waals surface area (Å²) in [5, 5.41) is 0. The van der Waals surface area contributed by atoms with Gasteiger partial charge in [-0.25, -0.2) is 9.69 Å². The molecule has 0 unspecified atom stereocenters. The number of ether oxygens (including phenoxy) is 1. The maximum atomic E-state index is 13.4. The van der Waals surface area contributed by atoms with Gasteiger partial charge in [-0.15, -0.1) is 0 Å². The highest BCUT2D eigenvalue weighted by molar-refractivity contribution is 5.92. The van der Waals surface area contributed by atoms with Gasteiger partial charge in [0.25, 0.3) is 0 Å². The van der Waals surface area contributed by atoms with E-state index in [2.05, 4.69) is 50.2 Å². The van der Waals surface area contributed by atoms with Crippen molar-refractivity contribution in [3.63, 3.8) is 0 Å². The van der Waals surface area contributed by atoms with E-state index < -0.39 is 6.09 Å². The van der Waals surface area contributed by atoms with Crippen molar-refractivity contribution in [3.05, 3.63) is 59.7 Å². The standard InChI is InChI=1S/C41H63NO3/c1-3-5-7-9-11-13-15-16-18-20-22-32-40(43)42(33-27-21-19-17-14-12-10-8-6-4-2)41(44)45-34-39-37-30-25-23-28-35(37)36-29-24-26-31-38(36)39/h23-26,28-31,39H,3-22,27,32-34H2,1-2H3. The Hall–Kier alpha value is -2.62. The first-order valence-corrected chi connectivity index (χ1v) is 18.8. The Morgan fingerprint density at radius 1 is 0.556 bits per heavy atom. The van der Waals surface area contributed by atoms with Gasteiger partial charge in [-0.05, 0) is 35.1 Å². The highest BCUT2D eigenvalue weighted by Gasteiger charge is 2.30. The van der Waals surface area contributed by atoms with Gasteiger partial charge in [-0.1, -0.05) is 184 Å². The zero-order valence-corrected chi connectivity index (χ0v) is 28.8. The quantitative estimate of drug-likeness (QED) is 0.104. The summed E-state index contributed by atoms with van der Waals surface area (Å²) in [5.74, 6) is -0.0682. The minimum absolute atomic E-state index is 0.00210. The van der Waals surface area contributed by atoms with E-state index in [0.717, 1.165) is 25.7 Å². The van der Waals surface area contributed by atoms with Crippen LogP contribution in [0.3, 0.4) is 0 Å². The summed E-state index contributed by atoms with van der Waals surface area (Å²) in [4.78, 5) is 28.2. The van der Waals surface area contributed by atoms with Gasteiger partial charge in [0.2, 0.25) is 5.91 Å². The van der Waals surface area contributed by atoms with E-state index in [1.807, 2.05) is 12.1 Å². The van der Waals surface area contributed by atoms with Crippen LogP contribution in [-0.4, -0.2) is 30.1 Å². The van der Waals surface area contributed by atoms with Crippen LogP contribution in [0, 0.1) is 0 Å². The number of nitrogens with zero attached hydrogens (tertiary/aromatic N) is 1. The molecule has 2 amide bonds. The van der Waals surface area contributed by atoms with E-state index in [1.54, 1.807) is 0 Å². The van der Waals surface area contributed by atoms with Gasteiger partial charge in [-0.2, -0.15) is 0 Å².